The Bertz CT molecular complexity index is 694. The Kier molecular flexibility index (Phi) is 4.09. The average molecular weight is 301 g/mol. The SMILES string of the molecule is COC(=O)c1ccc(CNc2nc(C)nc3c2CCCC3)o1. The van der Waals surface area contributed by atoms with Crippen LogP contribution in [0.4, 0.5) is 5.82 Å². The summed E-state index contributed by atoms with van der Waals surface area (Å²) in [6.45, 7) is 2.38. The van der Waals surface area contributed by atoms with Crippen molar-refractivity contribution in [1.82, 2.24) is 9.97 Å². The molecule has 1 aliphatic carbocycles. The highest BCUT2D eigenvalue weighted by Gasteiger charge is 2.17. The number of carbonyl (C=O) groups is 1. The zero-order valence-electron chi connectivity index (χ0n) is 12.8. The summed E-state index contributed by atoms with van der Waals surface area (Å²) < 4.78 is 10.1. The van der Waals surface area contributed by atoms with Crippen molar-refractivity contribution >= 4 is 11.8 Å². The van der Waals surface area contributed by atoms with Crippen molar-refractivity contribution < 1.29 is 13.9 Å². The lowest BCUT2D eigenvalue weighted by Crippen LogP contribution is -2.13. The first-order chi connectivity index (χ1) is 10.7. The number of nitrogens with zero attached hydrogens (tertiary/aromatic N) is 2. The van der Waals surface area contributed by atoms with Gasteiger partial charge in [0.25, 0.3) is 0 Å². The lowest BCUT2D eigenvalue weighted by Gasteiger charge is -2.18. The molecule has 0 atom stereocenters. The molecule has 0 saturated carbocycles. The number of aryl methyl sites for hydroxylation is 2. The van der Waals surface area contributed by atoms with Crippen LogP contribution in [0, 0.1) is 6.92 Å². The van der Waals surface area contributed by atoms with Gasteiger partial charge in [0.1, 0.15) is 17.4 Å². The number of carbonyl (C=O) groups excluding carboxylic acids is 1. The number of furan rings is 1. The van der Waals surface area contributed by atoms with Gasteiger partial charge in [-0.15, -0.1) is 0 Å². The Hall–Kier alpha value is -2.37. The molecule has 2 aromatic rings. The molecule has 0 amide bonds. The van der Waals surface area contributed by atoms with E-state index in [1.165, 1.54) is 25.5 Å². The molecular weight excluding hydrogens is 282 g/mol. The van der Waals surface area contributed by atoms with E-state index in [0.717, 1.165) is 30.2 Å². The third-order valence-electron chi connectivity index (χ3n) is 3.77. The minimum atomic E-state index is -0.471. The molecule has 0 aliphatic heterocycles. The maximum Gasteiger partial charge on any atom is 0.373 e. The van der Waals surface area contributed by atoms with Gasteiger partial charge in [-0.3, -0.25) is 0 Å². The zero-order valence-corrected chi connectivity index (χ0v) is 12.8. The first-order valence-electron chi connectivity index (χ1n) is 7.44. The second-order valence-electron chi connectivity index (χ2n) is 5.36. The fraction of sp³-hybridized carbons (Fsp3) is 0.438. The van der Waals surface area contributed by atoms with Crippen molar-refractivity contribution in [3.8, 4) is 0 Å². The van der Waals surface area contributed by atoms with Crippen LogP contribution < -0.4 is 5.32 Å². The smallest absolute Gasteiger partial charge is 0.373 e. The lowest BCUT2D eigenvalue weighted by atomic mass is 9.96. The predicted molar refractivity (Wildman–Crippen MR) is 80.8 cm³/mol. The van der Waals surface area contributed by atoms with Gasteiger partial charge in [0.05, 0.1) is 13.7 Å². The number of hydrogen-bond acceptors (Lipinski definition) is 6. The summed E-state index contributed by atoms with van der Waals surface area (Å²) in [5.74, 6) is 2.05. The summed E-state index contributed by atoms with van der Waals surface area (Å²) in [5, 5.41) is 3.30. The molecule has 6 heteroatoms. The average Bonchev–Trinajstić information content (AvgIpc) is 3.00. The second kappa shape index (κ2) is 6.17. The Balaban J connectivity index is 1.75. The van der Waals surface area contributed by atoms with E-state index >= 15 is 0 Å². The third-order valence-corrected chi connectivity index (χ3v) is 3.77. The summed E-state index contributed by atoms with van der Waals surface area (Å²) in [5.41, 5.74) is 2.35. The second-order valence-corrected chi connectivity index (χ2v) is 5.36. The number of nitrogens with one attached hydrogen (secondary N) is 1. The third kappa shape index (κ3) is 2.95. The van der Waals surface area contributed by atoms with Crippen LogP contribution in [0.25, 0.3) is 0 Å². The number of anilines is 1. The van der Waals surface area contributed by atoms with Gasteiger partial charge in [0.2, 0.25) is 5.76 Å². The summed E-state index contributed by atoms with van der Waals surface area (Å²) in [4.78, 5) is 20.4. The van der Waals surface area contributed by atoms with E-state index in [0.29, 0.717) is 12.3 Å². The Morgan fingerprint density at radius 2 is 2.14 bits per heavy atom. The molecule has 0 bridgehead atoms. The number of esters is 1. The topological polar surface area (TPSA) is 77.2 Å². The predicted octanol–water partition coefficient (Wildman–Crippen LogP) is 2.66. The Morgan fingerprint density at radius 1 is 1.32 bits per heavy atom. The van der Waals surface area contributed by atoms with E-state index in [1.807, 2.05) is 6.92 Å². The number of fused-ring (bicyclic) bond motifs is 1. The summed E-state index contributed by atoms with van der Waals surface area (Å²) in [6, 6.07) is 3.38. The van der Waals surface area contributed by atoms with Crippen molar-refractivity contribution in [2.24, 2.45) is 0 Å². The molecule has 1 aliphatic rings. The summed E-state index contributed by atoms with van der Waals surface area (Å²) in [7, 11) is 1.33. The molecule has 0 aromatic carbocycles. The largest absolute Gasteiger partial charge is 0.463 e. The molecule has 22 heavy (non-hydrogen) atoms. The maximum absolute atomic E-state index is 11.4. The summed E-state index contributed by atoms with van der Waals surface area (Å²) in [6.07, 6.45) is 4.37. The fourth-order valence-electron chi connectivity index (χ4n) is 2.72. The molecule has 2 aromatic heterocycles. The van der Waals surface area contributed by atoms with Crippen LogP contribution in [-0.2, 0) is 24.1 Å². The molecule has 116 valence electrons. The molecule has 0 spiro atoms. The zero-order chi connectivity index (χ0) is 15.5. The Labute approximate surface area is 128 Å². The van der Waals surface area contributed by atoms with Crippen LogP contribution in [-0.4, -0.2) is 23.0 Å². The minimum Gasteiger partial charge on any atom is -0.463 e. The number of aromatic nitrogens is 2. The molecule has 0 fully saturated rings. The number of hydrogen-bond donors (Lipinski definition) is 1. The van der Waals surface area contributed by atoms with Crippen molar-refractivity contribution in [2.75, 3.05) is 12.4 Å². The molecule has 1 N–H and O–H groups in total. The van der Waals surface area contributed by atoms with E-state index < -0.39 is 5.97 Å². The van der Waals surface area contributed by atoms with Crippen LogP contribution in [0.15, 0.2) is 16.5 Å². The van der Waals surface area contributed by atoms with Crippen molar-refractivity contribution in [1.29, 1.82) is 0 Å². The van der Waals surface area contributed by atoms with Gasteiger partial charge in [-0.2, -0.15) is 0 Å². The molecule has 0 unspecified atom stereocenters. The van der Waals surface area contributed by atoms with Crippen LogP contribution >= 0.6 is 0 Å². The molecular formula is C16H19N3O3. The van der Waals surface area contributed by atoms with Crippen molar-refractivity contribution in [3.63, 3.8) is 0 Å². The Morgan fingerprint density at radius 3 is 2.95 bits per heavy atom. The van der Waals surface area contributed by atoms with E-state index in [2.05, 4.69) is 20.0 Å². The summed E-state index contributed by atoms with van der Waals surface area (Å²) >= 11 is 0. The van der Waals surface area contributed by atoms with Crippen molar-refractivity contribution in [2.45, 2.75) is 39.2 Å². The van der Waals surface area contributed by atoms with E-state index in [1.54, 1.807) is 12.1 Å². The standard InChI is InChI=1S/C16H19N3O3/c1-10-18-13-6-4-3-5-12(13)15(19-10)17-9-11-7-8-14(22-11)16(20)21-2/h7-8H,3-6,9H2,1-2H3,(H,17,18,19). The monoisotopic (exact) mass is 301 g/mol. The minimum absolute atomic E-state index is 0.209. The van der Waals surface area contributed by atoms with Crippen LogP contribution in [0.5, 0.6) is 0 Å². The lowest BCUT2D eigenvalue weighted by molar-refractivity contribution is 0.0563. The van der Waals surface area contributed by atoms with Gasteiger partial charge >= 0.3 is 5.97 Å². The molecule has 6 nitrogen and oxygen atoms in total. The first kappa shape index (κ1) is 14.6. The van der Waals surface area contributed by atoms with Gasteiger partial charge in [0, 0.05) is 11.3 Å². The molecule has 3 rings (SSSR count). The highest BCUT2D eigenvalue weighted by molar-refractivity contribution is 5.86. The van der Waals surface area contributed by atoms with Crippen LogP contribution in [0.3, 0.4) is 0 Å². The van der Waals surface area contributed by atoms with Gasteiger partial charge in [0.15, 0.2) is 0 Å². The van der Waals surface area contributed by atoms with Gasteiger partial charge in [-0.1, -0.05) is 0 Å². The van der Waals surface area contributed by atoms with Crippen LogP contribution in [0.1, 0.15) is 46.2 Å². The highest BCUT2D eigenvalue weighted by atomic mass is 16.5. The number of methoxy groups -OCH3 is 1. The van der Waals surface area contributed by atoms with Gasteiger partial charge in [-0.25, -0.2) is 14.8 Å². The fourth-order valence-corrected chi connectivity index (χ4v) is 2.72. The van der Waals surface area contributed by atoms with Crippen molar-refractivity contribution in [3.05, 3.63) is 40.7 Å². The molecule has 2 heterocycles. The quantitative estimate of drug-likeness (QED) is 0.875. The maximum atomic E-state index is 11.4. The van der Waals surface area contributed by atoms with Crippen LogP contribution in [0.2, 0.25) is 0 Å². The first-order valence-corrected chi connectivity index (χ1v) is 7.44. The van der Waals surface area contributed by atoms with E-state index in [9.17, 15) is 4.79 Å². The molecule has 0 radical (unpaired) electrons. The van der Waals surface area contributed by atoms with E-state index in [-0.39, 0.29) is 5.76 Å². The number of rotatable bonds is 4. The highest BCUT2D eigenvalue weighted by Crippen LogP contribution is 2.25. The number of ether oxygens (including phenoxy) is 1. The van der Waals surface area contributed by atoms with Gasteiger partial charge in [-0.05, 0) is 44.7 Å². The van der Waals surface area contributed by atoms with Gasteiger partial charge < -0.3 is 14.5 Å². The van der Waals surface area contributed by atoms with E-state index in [4.69, 9.17) is 4.42 Å². The normalized spacial score (nSPS) is 13.5. The molecule has 0 saturated heterocycles.